The van der Waals surface area contributed by atoms with Crippen LogP contribution in [0.2, 0.25) is 0 Å². The molecule has 29 heavy (non-hydrogen) atoms. The molecule has 0 bridgehead atoms. The Morgan fingerprint density at radius 1 is 0.793 bits per heavy atom. The van der Waals surface area contributed by atoms with Gasteiger partial charge in [0.25, 0.3) is 0 Å². The van der Waals surface area contributed by atoms with Gasteiger partial charge >= 0.3 is 0 Å². The second kappa shape index (κ2) is 9.34. The highest BCUT2D eigenvalue weighted by molar-refractivity contribution is 6.08. The van der Waals surface area contributed by atoms with Crippen LogP contribution >= 0.6 is 0 Å². The molecule has 152 valence electrons. The number of rotatable bonds is 6. The summed E-state index contributed by atoms with van der Waals surface area (Å²) < 4.78 is 0. The van der Waals surface area contributed by atoms with Gasteiger partial charge in [-0.1, -0.05) is 0 Å². The van der Waals surface area contributed by atoms with Crippen LogP contribution in [0.1, 0.15) is 23.7 Å². The summed E-state index contributed by atoms with van der Waals surface area (Å²) in [4.78, 5) is 40.1. The Bertz CT molecular complexity index is 870. The number of carbonyl (C=O) groups excluding carboxylic acids is 3. The summed E-state index contributed by atoms with van der Waals surface area (Å²) in [6, 6.07) is 14.2. The molecule has 2 aromatic carbocycles. The Morgan fingerprint density at radius 3 is 1.76 bits per heavy atom. The third-order valence-electron chi connectivity index (χ3n) is 4.92. The molecule has 1 aliphatic heterocycles. The number of hydrogen-bond donors (Lipinski definition) is 2. The van der Waals surface area contributed by atoms with Gasteiger partial charge in [0.05, 0.1) is 0 Å². The maximum atomic E-state index is 12.1. The summed E-state index contributed by atoms with van der Waals surface area (Å²) in [7, 11) is 2.12. The van der Waals surface area contributed by atoms with E-state index in [4.69, 9.17) is 0 Å². The van der Waals surface area contributed by atoms with Gasteiger partial charge in [-0.15, -0.1) is 0 Å². The molecule has 2 amide bonds. The molecule has 2 aromatic rings. The van der Waals surface area contributed by atoms with Gasteiger partial charge in [0.2, 0.25) is 11.8 Å². The average molecular weight is 394 g/mol. The molecule has 0 spiro atoms. The molecule has 7 nitrogen and oxygen atoms in total. The van der Waals surface area contributed by atoms with E-state index in [-0.39, 0.29) is 18.1 Å². The van der Waals surface area contributed by atoms with Crippen LogP contribution in [0.15, 0.2) is 48.5 Å². The quantitative estimate of drug-likeness (QED) is 0.581. The van der Waals surface area contributed by atoms with Crippen molar-refractivity contribution in [3.8, 4) is 0 Å². The maximum absolute atomic E-state index is 12.1. The molecule has 0 aliphatic carbocycles. The second-order valence-corrected chi connectivity index (χ2v) is 7.24. The lowest BCUT2D eigenvalue weighted by atomic mass is 10.1. The third-order valence-corrected chi connectivity index (χ3v) is 4.92. The summed E-state index contributed by atoms with van der Waals surface area (Å²) in [6.07, 6.45) is -0.283. The predicted octanol–water partition coefficient (Wildman–Crippen LogP) is 2.61. The van der Waals surface area contributed by atoms with Crippen LogP contribution in [0.25, 0.3) is 0 Å². The zero-order valence-corrected chi connectivity index (χ0v) is 16.8. The number of anilines is 3. The van der Waals surface area contributed by atoms with Gasteiger partial charge in [-0.2, -0.15) is 0 Å². The first-order valence-electron chi connectivity index (χ1n) is 9.65. The van der Waals surface area contributed by atoms with Crippen LogP contribution in [0.5, 0.6) is 0 Å². The minimum atomic E-state index is -0.410. The second-order valence-electron chi connectivity index (χ2n) is 7.24. The maximum Gasteiger partial charge on any atom is 0.233 e. The zero-order valence-electron chi connectivity index (χ0n) is 16.8. The molecule has 0 atom stereocenters. The van der Waals surface area contributed by atoms with E-state index >= 15 is 0 Å². The Kier molecular flexibility index (Phi) is 6.61. The average Bonchev–Trinajstić information content (AvgIpc) is 2.69. The summed E-state index contributed by atoms with van der Waals surface area (Å²) in [5.74, 6) is -0.830. The lowest BCUT2D eigenvalue weighted by Gasteiger charge is -2.34. The lowest BCUT2D eigenvalue weighted by molar-refractivity contribution is -0.123. The fourth-order valence-corrected chi connectivity index (χ4v) is 3.16. The highest BCUT2D eigenvalue weighted by atomic mass is 16.2. The number of hydrogen-bond acceptors (Lipinski definition) is 5. The largest absolute Gasteiger partial charge is 0.369 e. The SMILES string of the molecule is CC(=O)c1ccc(NC(=O)CC(=O)Nc2ccc(N3CCN(C)CC3)cc2)cc1. The van der Waals surface area contributed by atoms with Crippen molar-refractivity contribution in [2.45, 2.75) is 13.3 Å². The first kappa shape index (κ1) is 20.5. The number of carbonyl (C=O) groups is 3. The van der Waals surface area contributed by atoms with Crippen LogP contribution in [0, 0.1) is 0 Å². The van der Waals surface area contributed by atoms with Crippen molar-refractivity contribution in [3.05, 3.63) is 54.1 Å². The topological polar surface area (TPSA) is 81.7 Å². The number of piperazine rings is 1. The molecule has 1 saturated heterocycles. The normalized spacial score (nSPS) is 14.3. The molecular formula is C22H26N4O3. The highest BCUT2D eigenvalue weighted by Gasteiger charge is 2.15. The van der Waals surface area contributed by atoms with Crippen molar-refractivity contribution in [2.24, 2.45) is 0 Å². The van der Waals surface area contributed by atoms with Crippen molar-refractivity contribution >= 4 is 34.7 Å². The van der Waals surface area contributed by atoms with E-state index in [0.29, 0.717) is 16.9 Å². The number of ketones is 1. The summed E-state index contributed by atoms with van der Waals surface area (Å²) >= 11 is 0. The van der Waals surface area contributed by atoms with Crippen molar-refractivity contribution in [3.63, 3.8) is 0 Å². The van der Waals surface area contributed by atoms with Crippen LogP contribution in [0.3, 0.4) is 0 Å². The predicted molar refractivity (Wildman–Crippen MR) is 114 cm³/mol. The van der Waals surface area contributed by atoms with E-state index in [2.05, 4.69) is 27.5 Å². The lowest BCUT2D eigenvalue weighted by Crippen LogP contribution is -2.44. The Labute approximate surface area is 170 Å². The van der Waals surface area contributed by atoms with Crippen molar-refractivity contribution in [2.75, 3.05) is 48.8 Å². The van der Waals surface area contributed by atoms with E-state index < -0.39 is 5.91 Å². The van der Waals surface area contributed by atoms with Crippen molar-refractivity contribution in [1.29, 1.82) is 0 Å². The van der Waals surface area contributed by atoms with Gasteiger partial charge in [-0.25, -0.2) is 0 Å². The molecule has 0 aromatic heterocycles. The van der Waals surface area contributed by atoms with Gasteiger partial charge in [0.15, 0.2) is 5.78 Å². The molecule has 0 saturated carbocycles. The first-order valence-corrected chi connectivity index (χ1v) is 9.65. The van der Waals surface area contributed by atoms with Gasteiger partial charge in [-0.05, 0) is 62.5 Å². The molecule has 1 fully saturated rings. The van der Waals surface area contributed by atoms with Crippen molar-refractivity contribution in [1.82, 2.24) is 4.90 Å². The van der Waals surface area contributed by atoms with Crippen LogP contribution in [-0.2, 0) is 9.59 Å². The number of amides is 2. The van der Waals surface area contributed by atoms with Gasteiger partial charge in [0.1, 0.15) is 6.42 Å². The van der Waals surface area contributed by atoms with E-state index in [1.807, 2.05) is 24.3 Å². The molecule has 1 aliphatic rings. The molecule has 0 unspecified atom stereocenters. The summed E-state index contributed by atoms with van der Waals surface area (Å²) in [6.45, 7) is 5.51. The van der Waals surface area contributed by atoms with Gasteiger partial charge in [0, 0.05) is 48.8 Å². The minimum Gasteiger partial charge on any atom is -0.369 e. The molecule has 2 N–H and O–H groups in total. The fourth-order valence-electron chi connectivity index (χ4n) is 3.16. The Morgan fingerprint density at radius 2 is 1.28 bits per heavy atom. The van der Waals surface area contributed by atoms with Crippen molar-refractivity contribution < 1.29 is 14.4 Å². The summed E-state index contributed by atoms with van der Waals surface area (Å²) in [5, 5.41) is 5.41. The number of nitrogens with zero attached hydrogens (tertiary/aromatic N) is 2. The van der Waals surface area contributed by atoms with Gasteiger partial charge < -0.3 is 20.4 Å². The van der Waals surface area contributed by atoms with E-state index in [1.54, 1.807) is 24.3 Å². The minimum absolute atomic E-state index is 0.0408. The first-order chi connectivity index (χ1) is 13.9. The standard InChI is InChI=1S/C22H26N4O3/c1-16(27)17-3-5-18(6-4-17)23-21(28)15-22(29)24-19-7-9-20(10-8-19)26-13-11-25(2)12-14-26/h3-10H,11-15H2,1-2H3,(H,23,28)(H,24,29). The zero-order chi connectivity index (χ0) is 20.8. The van der Waals surface area contributed by atoms with Gasteiger partial charge in [-0.3, -0.25) is 14.4 Å². The fraction of sp³-hybridized carbons (Fsp3) is 0.318. The molecule has 3 rings (SSSR count). The van der Waals surface area contributed by atoms with Crippen LogP contribution < -0.4 is 15.5 Å². The molecular weight excluding hydrogens is 368 g/mol. The third kappa shape index (κ3) is 5.89. The highest BCUT2D eigenvalue weighted by Crippen LogP contribution is 2.19. The number of Topliss-reactive ketones (excluding diaryl/α,β-unsaturated/α-hetero) is 1. The van der Waals surface area contributed by atoms with Crippen LogP contribution in [-0.4, -0.2) is 55.7 Å². The molecule has 1 heterocycles. The monoisotopic (exact) mass is 394 g/mol. The smallest absolute Gasteiger partial charge is 0.233 e. The Balaban J connectivity index is 1.48. The molecule has 0 radical (unpaired) electrons. The summed E-state index contributed by atoms with van der Waals surface area (Å²) in [5.41, 5.74) is 2.90. The van der Waals surface area contributed by atoms with E-state index in [0.717, 1.165) is 31.9 Å². The molecule has 7 heteroatoms. The number of nitrogens with one attached hydrogen (secondary N) is 2. The van der Waals surface area contributed by atoms with Crippen LogP contribution in [0.4, 0.5) is 17.1 Å². The Hall–Kier alpha value is -3.19. The van der Waals surface area contributed by atoms with E-state index in [9.17, 15) is 14.4 Å². The number of benzene rings is 2. The number of likely N-dealkylation sites (N-methyl/N-ethyl adjacent to an activating group) is 1. The van der Waals surface area contributed by atoms with E-state index in [1.165, 1.54) is 6.92 Å².